The monoisotopic (exact) mass is 328 g/mol. The largest absolute Gasteiger partial charge is 0.471 e. The molecule has 1 aromatic heterocycles. The van der Waals surface area contributed by atoms with E-state index in [9.17, 15) is 13.2 Å². The van der Waals surface area contributed by atoms with Gasteiger partial charge in [0.05, 0.1) is 5.41 Å². The number of aromatic nitrogens is 1. The maximum Gasteiger partial charge on any atom is 0.394 e. The van der Waals surface area contributed by atoms with Crippen molar-refractivity contribution >= 4 is 0 Å². The smallest absolute Gasteiger partial charge is 0.394 e. The molecule has 0 bridgehead atoms. The van der Waals surface area contributed by atoms with Gasteiger partial charge in [-0.15, -0.1) is 0 Å². The SMILES string of the molecule is CC(c1cnc2c(c1)C(N)CC1(CCC1)O2)C(C)(C)C(F)(F)F. The maximum atomic E-state index is 13.3. The van der Waals surface area contributed by atoms with E-state index in [2.05, 4.69) is 4.98 Å². The molecule has 3 rings (SSSR count). The molecule has 0 saturated heterocycles. The van der Waals surface area contributed by atoms with E-state index < -0.39 is 17.5 Å². The van der Waals surface area contributed by atoms with Gasteiger partial charge in [0.15, 0.2) is 0 Å². The molecule has 1 fully saturated rings. The van der Waals surface area contributed by atoms with Gasteiger partial charge in [0.2, 0.25) is 5.88 Å². The van der Waals surface area contributed by atoms with Crippen LogP contribution in [0, 0.1) is 5.41 Å². The van der Waals surface area contributed by atoms with Crippen molar-refractivity contribution in [2.45, 2.75) is 70.2 Å². The summed E-state index contributed by atoms with van der Waals surface area (Å²) in [7, 11) is 0. The summed E-state index contributed by atoms with van der Waals surface area (Å²) in [6.07, 6.45) is 1.000. The number of hydrogen-bond donors (Lipinski definition) is 1. The Morgan fingerprint density at radius 3 is 2.52 bits per heavy atom. The minimum atomic E-state index is -4.28. The van der Waals surface area contributed by atoms with Crippen molar-refractivity contribution in [2.75, 3.05) is 0 Å². The number of halogens is 3. The minimum absolute atomic E-state index is 0.197. The molecule has 0 aromatic carbocycles. The summed E-state index contributed by atoms with van der Waals surface area (Å²) in [4.78, 5) is 4.29. The second-order valence-corrected chi connectivity index (χ2v) is 7.55. The molecule has 2 atom stereocenters. The highest BCUT2D eigenvalue weighted by Crippen LogP contribution is 2.50. The number of nitrogens with two attached hydrogens (primary N) is 1. The molecule has 1 aliphatic heterocycles. The van der Waals surface area contributed by atoms with Crippen LogP contribution in [-0.4, -0.2) is 16.8 Å². The highest BCUT2D eigenvalue weighted by molar-refractivity contribution is 5.37. The van der Waals surface area contributed by atoms with Gasteiger partial charge in [-0.2, -0.15) is 13.2 Å². The average Bonchev–Trinajstić information content (AvgIpc) is 2.43. The first-order chi connectivity index (χ1) is 10.6. The van der Waals surface area contributed by atoms with Gasteiger partial charge < -0.3 is 10.5 Å². The standard InChI is InChI=1S/C17H23F3N2O/c1-10(15(2,3)17(18,19)20)11-7-12-13(21)8-16(5-4-6-16)23-14(12)22-9-11/h7,9-10,13H,4-6,8,21H2,1-3H3. The lowest BCUT2D eigenvalue weighted by atomic mass is 9.72. The summed E-state index contributed by atoms with van der Waals surface area (Å²) in [6.45, 7) is 4.02. The Morgan fingerprint density at radius 2 is 2.00 bits per heavy atom. The second-order valence-electron chi connectivity index (χ2n) is 7.55. The molecule has 23 heavy (non-hydrogen) atoms. The fraction of sp³-hybridized carbons (Fsp3) is 0.706. The predicted octanol–water partition coefficient (Wildman–Crippen LogP) is 4.48. The lowest BCUT2D eigenvalue weighted by Gasteiger charge is -2.46. The number of pyridine rings is 1. The average molecular weight is 328 g/mol. The molecule has 0 amide bonds. The number of hydrogen-bond acceptors (Lipinski definition) is 3. The molecular weight excluding hydrogens is 305 g/mol. The van der Waals surface area contributed by atoms with Crippen LogP contribution in [-0.2, 0) is 0 Å². The third-order valence-electron chi connectivity index (χ3n) is 5.78. The van der Waals surface area contributed by atoms with Crippen LogP contribution in [0.4, 0.5) is 13.2 Å². The van der Waals surface area contributed by atoms with Crippen LogP contribution in [0.25, 0.3) is 0 Å². The second kappa shape index (κ2) is 5.10. The van der Waals surface area contributed by atoms with Gasteiger partial charge in [-0.3, -0.25) is 0 Å². The van der Waals surface area contributed by atoms with Crippen molar-refractivity contribution in [2.24, 2.45) is 11.1 Å². The fourth-order valence-corrected chi connectivity index (χ4v) is 3.37. The first kappa shape index (κ1) is 16.6. The molecule has 2 heterocycles. The Labute approximate surface area is 134 Å². The lowest BCUT2D eigenvalue weighted by Crippen LogP contribution is -2.48. The highest BCUT2D eigenvalue weighted by Gasteiger charge is 2.51. The van der Waals surface area contributed by atoms with Crippen LogP contribution in [0.5, 0.6) is 5.88 Å². The third-order valence-corrected chi connectivity index (χ3v) is 5.78. The number of alkyl halides is 3. The van der Waals surface area contributed by atoms with Crippen LogP contribution in [0.2, 0.25) is 0 Å². The normalized spacial score (nSPS) is 24.6. The van der Waals surface area contributed by atoms with E-state index in [1.165, 1.54) is 20.0 Å². The number of nitrogens with zero attached hydrogens (tertiary/aromatic N) is 1. The van der Waals surface area contributed by atoms with E-state index in [-0.39, 0.29) is 11.6 Å². The van der Waals surface area contributed by atoms with Crippen LogP contribution in [0.15, 0.2) is 12.3 Å². The fourth-order valence-electron chi connectivity index (χ4n) is 3.37. The van der Waals surface area contributed by atoms with Gasteiger partial charge in [0.25, 0.3) is 0 Å². The van der Waals surface area contributed by atoms with Gasteiger partial charge in [-0.1, -0.05) is 20.8 Å². The molecule has 1 aliphatic carbocycles. The van der Waals surface area contributed by atoms with Gasteiger partial charge in [-0.25, -0.2) is 4.98 Å². The van der Waals surface area contributed by atoms with E-state index in [4.69, 9.17) is 10.5 Å². The van der Waals surface area contributed by atoms with Gasteiger partial charge in [0, 0.05) is 24.2 Å². The van der Waals surface area contributed by atoms with Crippen molar-refractivity contribution in [1.82, 2.24) is 4.98 Å². The molecule has 2 N–H and O–H groups in total. The van der Waals surface area contributed by atoms with Gasteiger partial charge in [-0.05, 0) is 36.8 Å². The van der Waals surface area contributed by atoms with E-state index in [1.807, 2.05) is 0 Å². The lowest BCUT2D eigenvalue weighted by molar-refractivity contribution is -0.218. The molecule has 1 aromatic rings. The minimum Gasteiger partial charge on any atom is -0.471 e. The molecule has 6 heteroatoms. The van der Waals surface area contributed by atoms with Crippen molar-refractivity contribution in [3.8, 4) is 5.88 Å². The van der Waals surface area contributed by atoms with Crippen LogP contribution >= 0.6 is 0 Å². The zero-order valence-electron chi connectivity index (χ0n) is 13.7. The molecular formula is C17H23F3N2O. The Morgan fingerprint density at radius 1 is 1.35 bits per heavy atom. The van der Waals surface area contributed by atoms with Gasteiger partial charge >= 0.3 is 6.18 Å². The van der Waals surface area contributed by atoms with Crippen molar-refractivity contribution in [1.29, 1.82) is 0 Å². The Bertz CT molecular complexity index is 608. The third kappa shape index (κ3) is 2.61. The zero-order chi connectivity index (χ0) is 17.0. The zero-order valence-corrected chi connectivity index (χ0v) is 13.7. The molecule has 3 nitrogen and oxygen atoms in total. The first-order valence-corrected chi connectivity index (χ1v) is 8.07. The van der Waals surface area contributed by atoms with Crippen LogP contribution < -0.4 is 10.5 Å². The number of fused-ring (bicyclic) bond motifs is 1. The number of rotatable bonds is 2. The van der Waals surface area contributed by atoms with Crippen molar-refractivity contribution in [3.05, 3.63) is 23.4 Å². The highest BCUT2D eigenvalue weighted by atomic mass is 19.4. The molecule has 1 spiro atoms. The Kier molecular flexibility index (Phi) is 3.67. The number of ether oxygens (including phenoxy) is 1. The quantitative estimate of drug-likeness (QED) is 0.871. The summed E-state index contributed by atoms with van der Waals surface area (Å²) in [6, 6.07) is 1.52. The van der Waals surface area contributed by atoms with Crippen molar-refractivity contribution in [3.63, 3.8) is 0 Å². The predicted molar refractivity (Wildman–Crippen MR) is 81.2 cm³/mol. The topological polar surface area (TPSA) is 48.1 Å². The maximum absolute atomic E-state index is 13.3. The first-order valence-electron chi connectivity index (χ1n) is 8.07. The van der Waals surface area contributed by atoms with E-state index >= 15 is 0 Å². The van der Waals surface area contributed by atoms with Crippen molar-refractivity contribution < 1.29 is 17.9 Å². The molecule has 2 aliphatic rings. The Balaban J connectivity index is 1.91. The van der Waals surface area contributed by atoms with E-state index in [1.54, 1.807) is 13.0 Å². The van der Waals surface area contributed by atoms with Crippen LogP contribution in [0.1, 0.15) is 69.5 Å². The summed E-state index contributed by atoms with van der Waals surface area (Å²) in [5.74, 6) is -0.226. The molecule has 1 saturated carbocycles. The Hall–Kier alpha value is -1.30. The van der Waals surface area contributed by atoms with Gasteiger partial charge in [0.1, 0.15) is 5.60 Å². The van der Waals surface area contributed by atoms with E-state index in [0.29, 0.717) is 17.9 Å². The summed E-state index contributed by atoms with van der Waals surface area (Å²) >= 11 is 0. The molecule has 2 unspecified atom stereocenters. The summed E-state index contributed by atoms with van der Waals surface area (Å²) in [5.41, 5.74) is 5.50. The van der Waals surface area contributed by atoms with E-state index in [0.717, 1.165) is 24.8 Å². The molecule has 128 valence electrons. The summed E-state index contributed by atoms with van der Waals surface area (Å²) in [5, 5.41) is 0. The van der Waals surface area contributed by atoms with Crippen LogP contribution in [0.3, 0.4) is 0 Å². The summed E-state index contributed by atoms with van der Waals surface area (Å²) < 4.78 is 45.8. The molecule has 0 radical (unpaired) electrons.